The molecule has 6 N–H and O–H groups in total. The van der Waals surface area contributed by atoms with Gasteiger partial charge >= 0.3 is 0 Å². The lowest BCUT2D eigenvalue weighted by Crippen LogP contribution is -2.43. The number of aromatic nitrogens is 2. The number of fused-ring (bicyclic) bond motifs is 1. The van der Waals surface area contributed by atoms with E-state index >= 15 is 0 Å². The predicted octanol–water partition coefficient (Wildman–Crippen LogP) is 1.18. The summed E-state index contributed by atoms with van der Waals surface area (Å²) in [4.78, 5) is 25.7. The molecule has 8 nitrogen and oxygen atoms in total. The lowest BCUT2D eigenvalue weighted by atomic mass is 9.91. The normalized spacial score (nSPS) is 23.2. The van der Waals surface area contributed by atoms with E-state index in [9.17, 15) is 4.79 Å². The minimum Gasteiger partial charge on any atom is -0.404 e. The van der Waals surface area contributed by atoms with Crippen molar-refractivity contribution in [2.75, 3.05) is 11.9 Å². The first-order valence-electron chi connectivity index (χ1n) is 9.27. The molecular weight excluding hydrogens is 330 g/mol. The van der Waals surface area contributed by atoms with Crippen molar-refractivity contribution in [2.24, 2.45) is 16.5 Å². The summed E-state index contributed by atoms with van der Waals surface area (Å²) in [7, 11) is 0. The number of nitrogens with zero attached hydrogens (tertiary/aromatic N) is 3. The molecule has 26 heavy (non-hydrogen) atoms. The highest BCUT2D eigenvalue weighted by Crippen LogP contribution is 2.26. The third-order valence-electron chi connectivity index (χ3n) is 4.80. The summed E-state index contributed by atoms with van der Waals surface area (Å²) >= 11 is 0. The molecule has 8 heteroatoms. The summed E-state index contributed by atoms with van der Waals surface area (Å²) < 4.78 is 0. The van der Waals surface area contributed by atoms with Crippen LogP contribution in [0.5, 0.6) is 0 Å². The van der Waals surface area contributed by atoms with Crippen molar-refractivity contribution in [1.82, 2.24) is 15.3 Å². The Morgan fingerprint density at radius 1 is 1.38 bits per heavy atom. The van der Waals surface area contributed by atoms with Crippen LogP contribution in [0.2, 0.25) is 0 Å². The maximum atomic E-state index is 12.2. The second kappa shape index (κ2) is 8.27. The van der Waals surface area contributed by atoms with Crippen LogP contribution in [-0.4, -0.2) is 40.7 Å². The first-order valence-corrected chi connectivity index (χ1v) is 9.27. The van der Waals surface area contributed by atoms with Gasteiger partial charge in [0.25, 0.3) is 5.91 Å². The van der Waals surface area contributed by atoms with Gasteiger partial charge in [-0.3, -0.25) is 9.79 Å². The monoisotopic (exact) mass is 357 g/mol. The van der Waals surface area contributed by atoms with Gasteiger partial charge in [0.1, 0.15) is 0 Å². The zero-order chi connectivity index (χ0) is 18.5. The molecule has 3 rings (SSSR count). The predicted molar refractivity (Wildman–Crippen MR) is 103 cm³/mol. The molecule has 1 aromatic rings. The van der Waals surface area contributed by atoms with E-state index in [1.165, 1.54) is 6.20 Å². The van der Waals surface area contributed by atoms with Crippen molar-refractivity contribution < 1.29 is 4.79 Å². The number of carbonyl (C=O) groups excluding carboxylic acids is 1. The van der Waals surface area contributed by atoms with Gasteiger partial charge in [0.05, 0.1) is 23.5 Å². The standard InChI is InChI=1S/C18H27N7O/c1-2-7-21-9-11(8-19)16-15-14(10-22-17(15)26)24-18(25-16)23-13-6-4-3-5-12(13)20/h8-9,12-13H,2-7,10,19-20H2,1H3,(H,22,26)(H,23,24,25)/t12-,13+/m0/s1. The third-order valence-corrected chi connectivity index (χ3v) is 4.80. The Kier molecular flexibility index (Phi) is 5.82. The van der Waals surface area contributed by atoms with E-state index in [1.54, 1.807) is 6.21 Å². The molecule has 2 aliphatic rings. The number of carbonyl (C=O) groups is 1. The minimum atomic E-state index is -0.181. The average molecular weight is 357 g/mol. The molecule has 0 unspecified atom stereocenters. The van der Waals surface area contributed by atoms with Crippen LogP contribution in [0.1, 0.15) is 60.8 Å². The summed E-state index contributed by atoms with van der Waals surface area (Å²) in [5, 5.41) is 6.17. The van der Waals surface area contributed by atoms with E-state index in [-0.39, 0.29) is 18.0 Å². The molecule has 1 saturated carbocycles. The Labute approximate surface area is 153 Å². The van der Waals surface area contributed by atoms with Crippen LogP contribution < -0.4 is 22.1 Å². The molecule has 140 valence electrons. The molecule has 0 saturated heterocycles. The lowest BCUT2D eigenvalue weighted by molar-refractivity contribution is 0.0965. The van der Waals surface area contributed by atoms with Crippen LogP contribution in [0.4, 0.5) is 5.95 Å². The highest BCUT2D eigenvalue weighted by Gasteiger charge is 2.29. The Bertz CT molecular complexity index is 728. The lowest BCUT2D eigenvalue weighted by Gasteiger charge is -2.29. The van der Waals surface area contributed by atoms with Crippen LogP contribution in [-0.2, 0) is 6.54 Å². The van der Waals surface area contributed by atoms with Gasteiger partial charge in [0.2, 0.25) is 5.95 Å². The van der Waals surface area contributed by atoms with Crippen molar-refractivity contribution in [3.05, 3.63) is 23.2 Å². The molecule has 0 radical (unpaired) electrons. The third kappa shape index (κ3) is 3.85. The number of anilines is 1. The molecule has 0 spiro atoms. The summed E-state index contributed by atoms with van der Waals surface area (Å²) in [6.45, 7) is 3.13. The summed E-state index contributed by atoms with van der Waals surface area (Å²) in [6, 6.07) is 0.221. The fourth-order valence-electron chi connectivity index (χ4n) is 3.38. The SMILES string of the molecule is CCCN=CC(=CN)c1nc(N[C@@H]2CCCC[C@@H]2N)nc2c1C(=O)NC2. The molecule has 2 heterocycles. The van der Waals surface area contributed by atoms with Gasteiger partial charge in [-0.1, -0.05) is 19.8 Å². The number of amides is 1. The fraction of sp³-hybridized carbons (Fsp3) is 0.556. The maximum absolute atomic E-state index is 12.2. The van der Waals surface area contributed by atoms with Crippen LogP contribution in [0.3, 0.4) is 0 Å². The molecule has 1 aliphatic carbocycles. The Morgan fingerprint density at radius 2 is 2.19 bits per heavy atom. The average Bonchev–Trinajstić information content (AvgIpc) is 3.01. The van der Waals surface area contributed by atoms with Crippen molar-refractivity contribution in [3.8, 4) is 0 Å². The molecule has 1 aromatic heterocycles. The van der Waals surface area contributed by atoms with Crippen LogP contribution >= 0.6 is 0 Å². The van der Waals surface area contributed by atoms with Gasteiger partial charge in [-0.2, -0.15) is 0 Å². The Balaban J connectivity index is 1.94. The Morgan fingerprint density at radius 3 is 2.92 bits per heavy atom. The van der Waals surface area contributed by atoms with E-state index < -0.39 is 0 Å². The quantitative estimate of drug-likeness (QED) is 0.565. The highest BCUT2D eigenvalue weighted by molar-refractivity contribution is 6.14. The van der Waals surface area contributed by atoms with Gasteiger partial charge in [0.15, 0.2) is 0 Å². The van der Waals surface area contributed by atoms with E-state index in [1.807, 2.05) is 0 Å². The number of aliphatic imine (C=N–C) groups is 1. The van der Waals surface area contributed by atoms with Crippen molar-refractivity contribution in [3.63, 3.8) is 0 Å². The van der Waals surface area contributed by atoms with Gasteiger partial charge < -0.3 is 22.1 Å². The van der Waals surface area contributed by atoms with E-state index in [2.05, 4.69) is 32.5 Å². The fourth-order valence-corrected chi connectivity index (χ4v) is 3.38. The highest BCUT2D eigenvalue weighted by atomic mass is 16.1. The molecule has 2 atom stereocenters. The molecule has 1 aliphatic heterocycles. The molecular formula is C18H27N7O. The summed E-state index contributed by atoms with van der Waals surface area (Å²) in [5.74, 6) is 0.306. The van der Waals surface area contributed by atoms with E-state index in [0.717, 1.165) is 32.1 Å². The zero-order valence-corrected chi connectivity index (χ0v) is 15.2. The van der Waals surface area contributed by atoms with E-state index in [4.69, 9.17) is 11.5 Å². The number of rotatable bonds is 6. The molecule has 1 amide bonds. The second-order valence-corrected chi connectivity index (χ2v) is 6.76. The maximum Gasteiger partial charge on any atom is 0.255 e. The van der Waals surface area contributed by atoms with Crippen LogP contribution in [0.15, 0.2) is 11.2 Å². The minimum absolute atomic E-state index is 0.0828. The molecule has 1 fully saturated rings. The topological polar surface area (TPSA) is 131 Å². The van der Waals surface area contributed by atoms with Crippen molar-refractivity contribution in [1.29, 1.82) is 0 Å². The van der Waals surface area contributed by atoms with Crippen LogP contribution in [0.25, 0.3) is 5.57 Å². The summed E-state index contributed by atoms with van der Waals surface area (Å²) in [6.07, 6.45) is 8.32. The molecule has 0 aromatic carbocycles. The number of nitrogens with two attached hydrogens (primary N) is 2. The van der Waals surface area contributed by atoms with E-state index in [0.29, 0.717) is 41.6 Å². The second-order valence-electron chi connectivity index (χ2n) is 6.76. The van der Waals surface area contributed by atoms with Crippen molar-refractivity contribution >= 4 is 23.6 Å². The van der Waals surface area contributed by atoms with Crippen molar-refractivity contribution in [2.45, 2.75) is 57.7 Å². The van der Waals surface area contributed by atoms with Gasteiger partial charge in [0, 0.05) is 36.6 Å². The molecule has 0 bridgehead atoms. The number of hydrogen-bond donors (Lipinski definition) is 4. The van der Waals surface area contributed by atoms with Gasteiger partial charge in [-0.15, -0.1) is 0 Å². The number of hydrogen-bond acceptors (Lipinski definition) is 7. The first-order chi connectivity index (χ1) is 12.6. The Hall–Kier alpha value is -2.48. The van der Waals surface area contributed by atoms with Gasteiger partial charge in [-0.05, 0) is 19.3 Å². The van der Waals surface area contributed by atoms with Gasteiger partial charge in [-0.25, -0.2) is 9.97 Å². The first kappa shape index (κ1) is 18.3. The summed E-state index contributed by atoms with van der Waals surface area (Å²) in [5.41, 5.74) is 14.3. The largest absolute Gasteiger partial charge is 0.404 e. The zero-order valence-electron chi connectivity index (χ0n) is 15.2. The smallest absolute Gasteiger partial charge is 0.255 e. The van der Waals surface area contributed by atoms with Crippen LogP contribution in [0, 0.1) is 0 Å². The number of allylic oxidation sites excluding steroid dienone is 1. The number of nitrogens with one attached hydrogen (secondary N) is 2.